The van der Waals surface area contributed by atoms with E-state index in [9.17, 15) is 13.2 Å². The summed E-state index contributed by atoms with van der Waals surface area (Å²) in [7, 11) is -3.43. The lowest BCUT2D eigenvalue weighted by Gasteiger charge is -2.25. The molecule has 0 aromatic heterocycles. The van der Waals surface area contributed by atoms with Gasteiger partial charge in [0.25, 0.3) is 0 Å². The molecule has 0 aliphatic carbocycles. The third-order valence-corrected chi connectivity index (χ3v) is 6.60. The zero-order chi connectivity index (χ0) is 19.3. The predicted octanol–water partition coefficient (Wildman–Crippen LogP) is 3.84. The molecule has 1 fully saturated rings. The van der Waals surface area contributed by atoms with Gasteiger partial charge in [-0.15, -0.1) is 0 Å². The van der Waals surface area contributed by atoms with Crippen LogP contribution in [0.1, 0.15) is 24.8 Å². The van der Waals surface area contributed by atoms with Gasteiger partial charge in [0.15, 0.2) is 0 Å². The van der Waals surface area contributed by atoms with Gasteiger partial charge < -0.3 is 10.6 Å². The van der Waals surface area contributed by atoms with Crippen molar-refractivity contribution in [1.82, 2.24) is 9.62 Å². The van der Waals surface area contributed by atoms with Crippen molar-refractivity contribution in [2.24, 2.45) is 0 Å². The van der Waals surface area contributed by atoms with Gasteiger partial charge in [0.2, 0.25) is 10.0 Å². The fourth-order valence-electron chi connectivity index (χ4n) is 2.92. The van der Waals surface area contributed by atoms with Crippen molar-refractivity contribution in [3.63, 3.8) is 0 Å². The number of sulfonamides is 1. The second kappa shape index (κ2) is 8.73. The molecule has 144 valence electrons. The Kier molecular flexibility index (Phi) is 6.36. The topological polar surface area (TPSA) is 78.5 Å². The van der Waals surface area contributed by atoms with E-state index in [1.165, 1.54) is 0 Å². The summed E-state index contributed by atoms with van der Waals surface area (Å²) in [5, 5.41) is 6.05. The Morgan fingerprint density at radius 1 is 0.963 bits per heavy atom. The average molecular weight is 408 g/mol. The van der Waals surface area contributed by atoms with E-state index in [0.29, 0.717) is 35.2 Å². The van der Waals surface area contributed by atoms with Crippen molar-refractivity contribution in [2.75, 3.05) is 18.4 Å². The highest BCUT2D eigenvalue weighted by Crippen LogP contribution is 2.21. The van der Waals surface area contributed by atoms with Gasteiger partial charge in [0, 0.05) is 30.3 Å². The van der Waals surface area contributed by atoms with Gasteiger partial charge in [-0.1, -0.05) is 30.2 Å². The number of anilines is 1. The summed E-state index contributed by atoms with van der Waals surface area (Å²) in [6, 6.07) is 13.1. The Hall–Kier alpha value is -2.09. The van der Waals surface area contributed by atoms with Crippen LogP contribution >= 0.6 is 11.6 Å². The van der Waals surface area contributed by atoms with Crippen LogP contribution < -0.4 is 10.6 Å². The molecule has 0 bridgehead atoms. The number of rotatable bonds is 5. The smallest absolute Gasteiger partial charge is 0.319 e. The first kappa shape index (κ1) is 19.7. The minimum atomic E-state index is -3.43. The first-order chi connectivity index (χ1) is 12.9. The van der Waals surface area contributed by atoms with Crippen LogP contribution in [0.5, 0.6) is 0 Å². The first-order valence-corrected chi connectivity index (χ1v) is 10.7. The van der Waals surface area contributed by atoms with E-state index in [2.05, 4.69) is 10.6 Å². The highest BCUT2D eigenvalue weighted by atomic mass is 35.5. The number of carbonyl (C=O) groups is 1. The molecule has 0 radical (unpaired) electrons. The highest BCUT2D eigenvalue weighted by Gasteiger charge is 2.25. The van der Waals surface area contributed by atoms with E-state index in [1.807, 2.05) is 0 Å². The molecular weight excluding hydrogens is 386 g/mol. The van der Waals surface area contributed by atoms with E-state index in [0.717, 1.165) is 24.8 Å². The molecular formula is C19H22ClN3O3S. The third kappa shape index (κ3) is 5.22. The summed E-state index contributed by atoms with van der Waals surface area (Å²) in [6.07, 6.45) is 2.89. The Morgan fingerprint density at radius 3 is 2.22 bits per heavy atom. The van der Waals surface area contributed by atoms with Crippen LogP contribution in [-0.2, 0) is 16.6 Å². The molecule has 27 heavy (non-hydrogen) atoms. The number of piperidine rings is 1. The summed E-state index contributed by atoms with van der Waals surface area (Å²) in [4.78, 5) is 12.2. The molecule has 2 N–H and O–H groups in total. The normalized spacial score (nSPS) is 15.3. The van der Waals surface area contributed by atoms with E-state index in [-0.39, 0.29) is 6.03 Å². The molecule has 1 heterocycles. The van der Waals surface area contributed by atoms with Crippen LogP contribution in [-0.4, -0.2) is 31.8 Å². The quantitative estimate of drug-likeness (QED) is 0.790. The van der Waals surface area contributed by atoms with Crippen LogP contribution in [0.4, 0.5) is 10.5 Å². The van der Waals surface area contributed by atoms with E-state index in [4.69, 9.17) is 11.6 Å². The Labute approximate surface area is 164 Å². The number of hydrogen-bond acceptors (Lipinski definition) is 3. The molecule has 6 nitrogen and oxygen atoms in total. The van der Waals surface area contributed by atoms with Crippen molar-refractivity contribution < 1.29 is 13.2 Å². The minimum Gasteiger partial charge on any atom is -0.334 e. The minimum absolute atomic E-state index is 0.291. The number of hydrogen-bond donors (Lipinski definition) is 2. The molecule has 3 rings (SSSR count). The van der Waals surface area contributed by atoms with E-state index >= 15 is 0 Å². The summed E-state index contributed by atoms with van der Waals surface area (Å²) < 4.78 is 26.8. The van der Waals surface area contributed by atoms with Crippen molar-refractivity contribution in [2.45, 2.75) is 30.7 Å². The number of amides is 2. The number of halogens is 1. The second-order valence-electron chi connectivity index (χ2n) is 6.42. The molecule has 0 saturated carbocycles. The predicted molar refractivity (Wildman–Crippen MR) is 106 cm³/mol. The summed E-state index contributed by atoms with van der Waals surface area (Å²) in [5.74, 6) is 0. The van der Waals surface area contributed by atoms with Crippen molar-refractivity contribution in [3.8, 4) is 0 Å². The molecule has 2 aromatic carbocycles. The lowest BCUT2D eigenvalue weighted by molar-refractivity contribution is 0.251. The van der Waals surface area contributed by atoms with Gasteiger partial charge in [-0.05, 0) is 54.8 Å². The van der Waals surface area contributed by atoms with E-state index in [1.54, 1.807) is 52.8 Å². The standard InChI is InChI=1S/C19H22ClN3O3S/c20-16-6-8-17(9-7-16)22-19(24)21-14-15-4-10-18(11-5-15)27(25,26)23-12-2-1-3-13-23/h4-11H,1-3,12-14H2,(H2,21,22,24). The highest BCUT2D eigenvalue weighted by molar-refractivity contribution is 7.89. The molecule has 1 aliphatic rings. The van der Waals surface area contributed by atoms with Gasteiger partial charge in [-0.3, -0.25) is 0 Å². The van der Waals surface area contributed by atoms with Crippen molar-refractivity contribution in [1.29, 1.82) is 0 Å². The lowest BCUT2D eigenvalue weighted by atomic mass is 10.2. The summed E-state index contributed by atoms with van der Waals surface area (Å²) in [5.41, 5.74) is 1.46. The molecule has 0 atom stereocenters. The molecule has 2 aromatic rings. The van der Waals surface area contributed by atoms with Crippen LogP contribution in [0.15, 0.2) is 53.4 Å². The maximum Gasteiger partial charge on any atom is 0.319 e. The summed E-state index contributed by atoms with van der Waals surface area (Å²) in [6.45, 7) is 1.45. The molecule has 0 spiro atoms. The maximum absolute atomic E-state index is 12.6. The van der Waals surface area contributed by atoms with Crippen LogP contribution in [0.2, 0.25) is 5.02 Å². The van der Waals surface area contributed by atoms with Crippen LogP contribution in [0, 0.1) is 0 Å². The molecule has 8 heteroatoms. The maximum atomic E-state index is 12.6. The fraction of sp³-hybridized carbons (Fsp3) is 0.316. The lowest BCUT2D eigenvalue weighted by Crippen LogP contribution is -2.35. The Morgan fingerprint density at radius 2 is 1.59 bits per heavy atom. The SMILES string of the molecule is O=C(NCc1ccc(S(=O)(=O)N2CCCCC2)cc1)Nc1ccc(Cl)cc1. The van der Waals surface area contributed by atoms with Gasteiger partial charge in [0.1, 0.15) is 0 Å². The number of nitrogens with zero attached hydrogens (tertiary/aromatic N) is 1. The number of carbonyl (C=O) groups excluding carboxylic acids is 1. The van der Waals surface area contributed by atoms with Gasteiger partial charge in [-0.2, -0.15) is 4.31 Å². The zero-order valence-corrected chi connectivity index (χ0v) is 16.4. The van der Waals surface area contributed by atoms with Gasteiger partial charge in [-0.25, -0.2) is 13.2 Å². The average Bonchev–Trinajstić information content (AvgIpc) is 2.69. The van der Waals surface area contributed by atoms with E-state index < -0.39 is 10.0 Å². The Balaban J connectivity index is 1.55. The van der Waals surface area contributed by atoms with Crippen molar-refractivity contribution >= 4 is 33.3 Å². The van der Waals surface area contributed by atoms with Crippen molar-refractivity contribution in [3.05, 3.63) is 59.1 Å². The van der Waals surface area contributed by atoms with Crippen LogP contribution in [0.3, 0.4) is 0 Å². The fourth-order valence-corrected chi connectivity index (χ4v) is 4.57. The molecule has 1 saturated heterocycles. The first-order valence-electron chi connectivity index (χ1n) is 8.85. The second-order valence-corrected chi connectivity index (χ2v) is 8.80. The van der Waals surface area contributed by atoms with Crippen LogP contribution in [0.25, 0.3) is 0 Å². The monoisotopic (exact) mass is 407 g/mol. The van der Waals surface area contributed by atoms with Gasteiger partial charge >= 0.3 is 6.03 Å². The molecule has 1 aliphatic heterocycles. The number of nitrogens with one attached hydrogen (secondary N) is 2. The molecule has 2 amide bonds. The van der Waals surface area contributed by atoms with Gasteiger partial charge in [0.05, 0.1) is 4.90 Å². The largest absolute Gasteiger partial charge is 0.334 e. The number of benzene rings is 2. The third-order valence-electron chi connectivity index (χ3n) is 4.43. The summed E-state index contributed by atoms with van der Waals surface area (Å²) >= 11 is 5.81. The Bertz CT molecular complexity index is 877. The molecule has 0 unspecified atom stereocenters. The zero-order valence-electron chi connectivity index (χ0n) is 14.8. The number of urea groups is 1.